The van der Waals surface area contributed by atoms with E-state index in [-0.39, 0.29) is 37.0 Å². The predicted molar refractivity (Wildman–Crippen MR) is 181 cm³/mol. The molecule has 0 fully saturated rings. The van der Waals surface area contributed by atoms with Crippen LogP contribution in [0.25, 0.3) is 0 Å². The highest BCUT2D eigenvalue weighted by Gasteiger charge is 2.29. The Hall–Kier alpha value is -5.02. The first kappa shape index (κ1) is 35.8. The number of rotatable bonds is 7. The molecular formula is C36H41N5O6S. The topological polar surface area (TPSA) is 174 Å². The van der Waals surface area contributed by atoms with E-state index >= 15 is 0 Å². The Balaban J connectivity index is 1.51. The van der Waals surface area contributed by atoms with Gasteiger partial charge in [-0.2, -0.15) is 5.26 Å². The number of nitriles is 1. The zero-order chi connectivity index (χ0) is 34.4. The fraction of sp³-hybridized carbons (Fsp3) is 0.361. The van der Waals surface area contributed by atoms with Crippen LogP contribution >= 0.6 is 0 Å². The van der Waals surface area contributed by atoms with Gasteiger partial charge in [0.2, 0.25) is 11.8 Å². The number of sulfone groups is 1. The Morgan fingerprint density at radius 2 is 1.42 bits per heavy atom. The summed E-state index contributed by atoms with van der Waals surface area (Å²) in [4.78, 5) is 52.6. The molecule has 0 saturated carbocycles. The second-order valence-electron chi connectivity index (χ2n) is 11.9. The Bertz CT molecular complexity index is 1720. The summed E-state index contributed by atoms with van der Waals surface area (Å²) < 4.78 is 26.6. The molecule has 3 aromatic carbocycles. The Labute approximate surface area is 281 Å². The fourth-order valence-corrected chi connectivity index (χ4v) is 7.20. The first-order valence-corrected chi connectivity index (χ1v) is 17.9. The third-order valence-electron chi connectivity index (χ3n) is 8.10. The molecular weight excluding hydrogens is 630 g/mol. The molecule has 4 rings (SSSR count). The lowest BCUT2D eigenvalue weighted by Gasteiger charge is -2.23. The minimum absolute atomic E-state index is 0.173. The van der Waals surface area contributed by atoms with Crippen molar-refractivity contribution in [3.8, 4) is 6.07 Å². The quantitative estimate of drug-likeness (QED) is 0.298. The fourth-order valence-electron chi connectivity index (χ4n) is 5.45. The van der Waals surface area contributed by atoms with E-state index in [4.69, 9.17) is 5.26 Å². The lowest BCUT2D eigenvalue weighted by atomic mass is 10.0. The highest BCUT2D eigenvalue weighted by atomic mass is 32.2. The van der Waals surface area contributed by atoms with Crippen molar-refractivity contribution in [3.05, 3.63) is 107 Å². The number of fused-ring (bicyclic) bond motifs is 2. The maximum Gasteiger partial charge on any atom is 0.251 e. The van der Waals surface area contributed by atoms with Gasteiger partial charge in [0.1, 0.15) is 6.04 Å². The Kier molecular flexibility index (Phi) is 13.3. The van der Waals surface area contributed by atoms with Gasteiger partial charge in [-0.05, 0) is 73.6 Å². The smallest absolute Gasteiger partial charge is 0.251 e. The first-order chi connectivity index (χ1) is 23.1. The van der Waals surface area contributed by atoms with Gasteiger partial charge in [0.05, 0.1) is 29.1 Å². The van der Waals surface area contributed by atoms with Crippen molar-refractivity contribution >= 4 is 33.5 Å². The standard InChI is InChI=1S/C36H41N5O6S/c37-22-26-15-17-27(18-16-26)23-40-36(45)32-14-5-7-20-39-34(43)30-13-8-12-29(21-30)33(42)38-19-6-4-11-31(35(44)41-32)25-48(46,47)24-28-9-2-1-3-10-28/h1-3,8-10,12-13,15-18,21,31-32H,4-7,11,14,19-20,23-25H2,(H,38,42)(H,39,43)(H,40,45)(H,41,44)/t31-,32-/m0/s1. The lowest BCUT2D eigenvalue weighted by Crippen LogP contribution is -2.49. The maximum atomic E-state index is 13.7. The summed E-state index contributed by atoms with van der Waals surface area (Å²) in [5.74, 6) is -3.14. The summed E-state index contributed by atoms with van der Waals surface area (Å²) in [6.45, 7) is 0.774. The van der Waals surface area contributed by atoms with E-state index in [1.54, 1.807) is 72.8 Å². The van der Waals surface area contributed by atoms with Gasteiger partial charge in [0, 0.05) is 30.8 Å². The third-order valence-corrected chi connectivity index (χ3v) is 9.78. The molecule has 0 spiro atoms. The molecule has 2 atom stereocenters. The molecule has 0 aromatic heterocycles. The van der Waals surface area contributed by atoms with E-state index in [2.05, 4.69) is 27.3 Å². The number of hydrogen-bond acceptors (Lipinski definition) is 7. The largest absolute Gasteiger partial charge is 0.352 e. The van der Waals surface area contributed by atoms with Gasteiger partial charge in [-0.1, -0.05) is 55.0 Å². The van der Waals surface area contributed by atoms with Crippen molar-refractivity contribution in [1.82, 2.24) is 21.3 Å². The first-order valence-electron chi connectivity index (χ1n) is 16.1. The third kappa shape index (κ3) is 11.3. The molecule has 1 heterocycles. The van der Waals surface area contributed by atoms with Gasteiger partial charge < -0.3 is 21.3 Å². The van der Waals surface area contributed by atoms with E-state index in [0.717, 1.165) is 5.56 Å². The molecule has 4 amide bonds. The van der Waals surface area contributed by atoms with Gasteiger partial charge in [-0.3, -0.25) is 19.2 Å². The van der Waals surface area contributed by atoms with Crippen LogP contribution in [0.3, 0.4) is 0 Å². The van der Waals surface area contributed by atoms with Gasteiger partial charge >= 0.3 is 0 Å². The highest BCUT2D eigenvalue weighted by Crippen LogP contribution is 2.17. The van der Waals surface area contributed by atoms with Crippen molar-refractivity contribution in [3.63, 3.8) is 0 Å². The zero-order valence-electron chi connectivity index (χ0n) is 26.7. The lowest BCUT2D eigenvalue weighted by molar-refractivity contribution is -0.131. The maximum absolute atomic E-state index is 13.7. The van der Waals surface area contributed by atoms with Crippen LogP contribution in [0.1, 0.15) is 75.9 Å². The van der Waals surface area contributed by atoms with Crippen molar-refractivity contribution < 1.29 is 27.6 Å². The Morgan fingerprint density at radius 3 is 2.04 bits per heavy atom. The van der Waals surface area contributed by atoms with Gasteiger partial charge in [-0.25, -0.2) is 8.42 Å². The van der Waals surface area contributed by atoms with E-state index in [9.17, 15) is 27.6 Å². The molecule has 11 nitrogen and oxygen atoms in total. The number of hydrogen-bond donors (Lipinski definition) is 4. The summed E-state index contributed by atoms with van der Waals surface area (Å²) in [5.41, 5.74) is 2.58. The number of nitrogens with zero attached hydrogens (tertiary/aromatic N) is 1. The molecule has 0 unspecified atom stereocenters. The van der Waals surface area contributed by atoms with Crippen LogP contribution in [0.2, 0.25) is 0 Å². The summed E-state index contributed by atoms with van der Waals surface area (Å²) in [6, 6.07) is 23.1. The zero-order valence-corrected chi connectivity index (χ0v) is 27.6. The van der Waals surface area contributed by atoms with Crippen LogP contribution in [0.15, 0.2) is 78.9 Å². The average Bonchev–Trinajstić information content (AvgIpc) is 3.09. The van der Waals surface area contributed by atoms with Crippen molar-refractivity contribution in [2.75, 3.05) is 18.8 Å². The Morgan fingerprint density at radius 1 is 0.792 bits per heavy atom. The minimum Gasteiger partial charge on any atom is -0.352 e. The van der Waals surface area contributed by atoms with E-state index < -0.39 is 39.4 Å². The van der Waals surface area contributed by atoms with Crippen LogP contribution in [-0.2, 0) is 31.7 Å². The number of benzene rings is 3. The van der Waals surface area contributed by atoms with E-state index in [1.165, 1.54) is 6.07 Å². The average molecular weight is 672 g/mol. The molecule has 0 aliphatic carbocycles. The summed E-state index contributed by atoms with van der Waals surface area (Å²) in [7, 11) is -3.70. The molecule has 48 heavy (non-hydrogen) atoms. The number of carbonyl (C=O) groups excluding carboxylic acids is 4. The normalized spacial score (nSPS) is 18.4. The van der Waals surface area contributed by atoms with Gasteiger partial charge in [-0.15, -0.1) is 0 Å². The second kappa shape index (κ2) is 17.8. The second-order valence-corrected chi connectivity index (χ2v) is 14.0. The predicted octanol–water partition coefficient (Wildman–Crippen LogP) is 3.40. The van der Waals surface area contributed by atoms with Crippen molar-refractivity contribution in [2.24, 2.45) is 5.92 Å². The van der Waals surface area contributed by atoms with E-state index in [0.29, 0.717) is 61.0 Å². The van der Waals surface area contributed by atoms with Gasteiger partial charge in [0.25, 0.3) is 11.8 Å². The summed E-state index contributed by atoms with van der Waals surface area (Å²) in [5, 5.41) is 20.4. The van der Waals surface area contributed by atoms with Crippen molar-refractivity contribution in [2.45, 2.75) is 56.9 Å². The molecule has 3 aromatic rings. The molecule has 252 valence electrons. The van der Waals surface area contributed by atoms with Crippen LogP contribution in [-0.4, -0.2) is 56.9 Å². The molecule has 0 saturated heterocycles. The molecule has 1 aliphatic heterocycles. The van der Waals surface area contributed by atoms with Crippen LogP contribution in [0.5, 0.6) is 0 Å². The minimum atomic E-state index is -3.70. The number of nitrogens with one attached hydrogen (secondary N) is 4. The molecule has 12 heteroatoms. The van der Waals surface area contributed by atoms with Crippen molar-refractivity contribution in [1.29, 1.82) is 5.26 Å². The van der Waals surface area contributed by atoms with Gasteiger partial charge in [0.15, 0.2) is 9.84 Å². The molecule has 4 N–H and O–H groups in total. The SMILES string of the molecule is N#Cc1ccc(CNC(=O)[C@@H]2CCCCNC(=O)c3cccc(c3)C(=O)NCCCC[C@@H](CS(=O)(=O)Cc3ccccc3)C(=O)N2)cc1. The van der Waals surface area contributed by atoms with E-state index in [1.807, 2.05) is 0 Å². The molecule has 2 bridgehead atoms. The summed E-state index contributed by atoms with van der Waals surface area (Å²) >= 11 is 0. The molecule has 1 aliphatic rings. The monoisotopic (exact) mass is 671 g/mol. The van der Waals surface area contributed by atoms with Crippen LogP contribution in [0.4, 0.5) is 0 Å². The highest BCUT2D eigenvalue weighted by molar-refractivity contribution is 7.90. The number of carbonyl (C=O) groups is 4. The molecule has 0 radical (unpaired) electrons. The van der Waals surface area contributed by atoms with Crippen LogP contribution < -0.4 is 21.3 Å². The number of amides is 4. The summed E-state index contributed by atoms with van der Waals surface area (Å²) in [6.07, 6.45) is 2.44. The van der Waals surface area contributed by atoms with Crippen LogP contribution in [0, 0.1) is 17.2 Å².